The van der Waals surface area contributed by atoms with E-state index in [1.807, 2.05) is 19.1 Å². The molecular formula is C22H29FO4. The molecule has 1 heterocycles. The number of esters is 1. The zero-order chi connectivity index (χ0) is 19.3. The zero-order valence-corrected chi connectivity index (χ0v) is 16.0. The first-order valence-corrected chi connectivity index (χ1v) is 9.89. The Hall–Kier alpha value is -1.72. The van der Waals surface area contributed by atoms with Crippen LogP contribution in [0.4, 0.5) is 4.39 Å². The lowest BCUT2D eigenvalue weighted by atomic mass is 9.79. The highest BCUT2D eigenvalue weighted by molar-refractivity contribution is 5.76. The molecule has 3 rings (SSSR count). The Labute approximate surface area is 160 Å². The summed E-state index contributed by atoms with van der Waals surface area (Å²) in [7, 11) is 0. The number of rotatable bonds is 6. The number of ether oxygens (including phenoxy) is 3. The Bertz CT molecular complexity index is 626. The normalized spacial score (nSPS) is 31.3. The monoisotopic (exact) mass is 376 g/mol. The maximum Gasteiger partial charge on any atom is 0.368 e. The van der Waals surface area contributed by atoms with E-state index in [0.29, 0.717) is 30.4 Å². The lowest BCUT2D eigenvalue weighted by Gasteiger charge is -2.32. The Morgan fingerprint density at radius 1 is 1.22 bits per heavy atom. The van der Waals surface area contributed by atoms with Crippen molar-refractivity contribution in [1.29, 1.82) is 0 Å². The molecule has 1 aromatic rings. The molecule has 1 aliphatic carbocycles. The number of carbonyl (C=O) groups is 1. The Morgan fingerprint density at radius 3 is 2.41 bits per heavy atom. The van der Waals surface area contributed by atoms with Crippen LogP contribution in [-0.4, -0.2) is 31.1 Å². The summed E-state index contributed by atoms with van der Waals surface area (Å²) in [6.07, 6.45) is 6.60. The van der Waals surface area contributed by atoms with Crippen LogP contribution in [0.15, 0.2) is 36.9 Å². The van der Waals surface area contributed by atoms with Crippen molar-refractivity contribution in [2.45, 2.75) is 63.3 Å². The van der Waals surface area contributed by atoms with Crippen LogP contribution in [0.25, 0.3) is 0 Å². The summed E-state index contributed by atoms with van der Waals surface area (Å²) in [4.78, 5) is 12.2. The molecule has 1 aliphatic heterocycles. The molecule has 2 fully saturated rings. The summed E-state index contributed by atoms with van der Waals surface area (Å²) in [6, 6.07) is 7.62. The van der Waals surface area contributed by atoms with Crippen LogP contribution in [0.1, 0.15) is 56.9 Å². The van der Waals surface area contributed by atoms with Crippen molar-refractivity contribution in [3.8, 4) is 5.75 Å². The number of alkyl halides is 1. The van der Waals surface area contributed by atoms with Crippen LogP contribution in [0.2, 0.25) is 0 Å². The average Bonchev–Trinajstić information content (AvgIpc) is 2.69. The molecule has 1 saturated carbocycles. The summed E-state index contributed by atoms with van der Waals surface area (Å²) >= 11 is 0. The quantitative estimate of drug-likeness (QED) is 0.401. The van der Waals surface area contributed by atoms with Gasteiger partial charge in [0.05, 0.1) is 13.2 Å². The highest BCUT2D eigenvalue weighted by Gasteiger charge is 2.39. The van der Waals surface area contributed by atoms with E-state index in [0.717, 1.165) is 12.8 Å². The summed E-state index contributed by atoms with van der Waals surface area (Å²) < 4.78 is 30.1. The molecule has 4 nitrogen and oxygen atoms in total. The second-order valence-electron chi connectivity index (χ2n) is 7.69. The predicted molar refractivity (Wildman–Crippen MR) is 101 cm³/mol. The van der Waals surface area contributed by atoms with E-state index in [-0.39, 0.29) is 13.2 Å². The minimum absolute atomic E-state index is 0.146. The Balaban J connectivity index is 1.50. The first-order valence-electron chi connectivity index (χ1n) is 9.89. The maximum atomic E-state index is 14.3. The molecule has 0 N–H and O–H groups in total. The minimum Gasteiger partial charge on any atom is -0.423 e. The smallest absolute Gasteiger partial charge is 0.368 e. The summed E-state index contributed by atoms with van der Waals surface area (Å²) in [6.45, 7) is 5.49. The third kappa shape index (κ3) is 5.17. The number of carbonyl (C=O) groups excluding carboxylic acids is 1. The summed E-state index contributed by atoms with van der Waals surface area (Å²) in [5.74, 6) is 0.985. The summed E-state index contributed by atoms with van der Waals surface area (Å²) in [5.41, 5.74) is -0.248. The SMILES string of the molecule is C=CC1CCC(c2ccc(OC(=O)C3OCC(F)(CCC)CO3)cc2)CC1. The number of hydrogen-bond acceptors (Lipinski definition) is 4. The fourth-order valence-corrected chi connectivity index (χ4v) is 3.93. The number of allylic oxidation sites excluding steroid dienone is 1. The second kappa shape index (κ2) is 8.98. The van der Waals surface area contributed by atoms with Crippen molar-refractivity contribution in [1.82, 2.24) is 0 Å². The highest BCUT2D eigenvalue weighted by Crippen LogP contribution is 2.36. The molecule has 0 bridgehead atoms. The first kappa shape index (κ1) is 20.0. The number of hydrogen-bond donors (Lipinski definition) is 0. The van der Waals surface area contributed by atoms with Gasteiger partial charge in [-0.1, -0.05) is 31.6 Å². The molecule has 5 heteroatoms. The van der Waals surface area contributed by atoms with Gasteiger partial charge < -0.3 is 14.2 Å². The van der Waals surface area contributed by atoms with Gasteiger partial charge in [-0.3, -0.25) is 0 Å². The standard InChI is InChI=1S/C22H29FO4/c1-3-13-22(23)14-25-21(26-15-22)20(24)27-19-11-9-18(10-12-19)17-7-5-16(4-2)6-8-17/h4,9-12,16-17,21H,2-3,5-8,13-15H2,1H3. The molecule has 148 valence electrons. The van der Waals surface area contributed by atoms with Crippen molar-refractivity contribution in [3.63, 3.8) is 0 Å². The third-order valence-corrected chi connectivity index (χ3v) is 5.55. The first-order chi connectivity index (χ1) is 13.0. The average molecular weight is 376 g/mol. The van der Waals surface area contributed by atoms with E-state index < -0.39 is 17.9 Å². The molecule has 1 saturated heterocycles. The molecular weight excluding hydrogens is 347 g/mol. The van der Waals surface area contributed by atoms with Gasteiger partial charge in [0.1, 0.15) is 5.75 Å². The van der Waals surface area contributed by atoms with Gasteiger partial charge in [-0.2, -0.15) is 0 Å². The second-order valence-corrected chi connectivity index (χ2v) is 7.69. The van der Waals surface area contributed by atoms with E-state index in [9.17, 15) is 9.18 Å². The topological polar surface area (TPSA) is 44.8 Å². The maximum absolute atomic E-state index is 14.3. The van der Waals surface area contributed by atoms with E-state index in [2.05, 4.69) is 12.7 Å². The molecule has 0 spiro atoms. The van der Waals surface area contributed by atoms with Crippen LogP contribution in [-0.2, 0) is 14.3 Å². The highest BCUT2D eigenvalue weighted by atomic mass is 19.1. The molecule has 0 amide bonds. The van der Waals surface area contributed by atoms with E-state index in [1.165, 1.54) is 18.4 Å². The molecule has 0 radical (unpaired) electrons. The Morgan fingerprint density at radius 2 is 1.85 bits per heavy atom. The van der Waals surface area contributed by atoms with Gasteiger partial charge in [0.25, 0.3) is 6.29 Å². The van der Waals surface area contributed by atoms with Gasteiger partial charge in [-0.05, 0) is 61.6 Å². The van der Waals surface area contributed by atoms with Crippen LogP contribution in [0, 0.1) is 5.92 Å². The van der Waals surface area contributed by atoms with Crippen molar-refractivity contribution >= 4 is 5.97 Å². The largest absolute Gasteiger partial charge is 0.423 e. The van der Waals surface area contributed by atoms with Gasteiger partial charge in [-0.25, -0.2) is 9.18 Å². The fourth-order valence-electron chi connectivity index (χ4n) is 3.93. The van der Waals surface area contributed by atoms with Crippen molar-refractivity contribution < 1.29 is 23.4 Å². The van der Waals surface area contributed by atoms with E-state index in [1.54, 1.807) is 12.1 Å². The fraction of sp³-hybridized carbons (Fsp3) is 0.591. The lowest BCUT2D eigenvalue weighted by molar-refractivity contribution is -0.237. The van der Waals surface area contributed by atoms with Crippen molar-refractivity contribution in [2.24, 2.45) is 5.92 Å². The number of halogens is 1. The van der Waals surface area contributed by atoms with Crippen molar-refractivity contribution in [3.05, 3.63) is 42.5 Å². The lowest BCUT2D eigenvalue weighted by Crippen LogP contribution is -2.47. The van der Waals surface area contributed by atoms with Crippen LogP contribution < -0.4 is 4.74 Å². The summed E-state index contributed by atoms with van der Waals surface area (Å²) in [5, 5.41) is 0. The molecule has 0 atom stereocenters. The van der Waals surface area contributed by atoms with Gasteiger partial charge in [0, 0.05) is 0 Å². The van der Waals surface area contributed by atoms with E-state index in [4.69, 9.17) is 14.2 Å². The van der Waals surface area contributed by atoms with Gasteiger partial charge in [0.2, 0.25) is 0 Å². The molecule has 0 unspecified atom stereocenters. The molecule has 27 heavy (non-hydrogen) atoms. The van der Waals surface area contributed by atoms with Gasteiger partial charge >= 0.3 is 5.97 Å². The van der Waals surface area contributed by atoms with Gasteiger partial charge in [-0.15, -0.1) is 6.58 Å². The zero-order valence-electron chi connectivity index (χ0n) is 16.0. The van der Waals surface area contributed by atoms with Crippen LogP contribution >= 0.6 is 0 Å². The molecule has 1 aromatic carbocycles. The van der Waals surface area contributed by atoms with Crippen LogP contribution in [0.3, 0.4) is 0 Å². The van der Waals surface area contributed by atoms with Gasteiger partial charge in [0.15, 0.2) is 5.67 Å². The van der Waals surface area contributed by atoms with Crippen molar-refractivity contribution in [2.75, 3.05) is 13.2 Å². The minimum atomic E-state index is -1.52. The molecule has 2 aliphatic rings. The number of benzene rings is 1. The van der Waals surface area contributed by atoms with Crippen LogP contribution in [0.5, 0.6) is 5.75 Å². The third-order valence-electron chi connectivity index (χ3n) is 5.55. The Kier molecular flexibility index (Phi) is 6.66. The van der Waals surface area contributed by atoms with E-state index >= 15 is 0 Å². The molecule has 0 aromatic heterocycles. The predicted octanol–water partition coefficient (Wildman–Crippen LogP) is 4.93.